The van der Waals surface area contributed by atoms with Crippen molar-refractivity contribution in [1.29, 1.82) is 0 Å². The second kappa shape index (κ2) is 11.0. The second-order valence-corrected chi connectivity index (χ2v) is 33.8. The van der Waals surface area contributed by atoms with E-state index in [1.165, 1.54) is 24.9 Å². The van der Waals surface area contributed by atoms with E-state index in [0.717, 1.165) is 11.1 Å². The summed E-state index contributed by atoms with van der Waals surface area (Å²) < 4.78 is 11.3. The Bertz CT molecular complexity index is 437. The molecule has 0 aliphatic heterocycles. The van der Waals surface area contributed by atoms with E-state index in [4.69, 9.17) is 9.47 Å². The first-order valence-electron chi connectivity index (χ1n) is 11.2. The van der Waals surface area contributed by atoms with Crippen LogP contribution in [0.15, 0.2) is 0 Å². The van der Waals surface area contributed by atoms with Crippen LogP contribution in [0.2, 0.25) is 88.6 Å². The van der Waals surface area contributed by atoms with Crippen molar-refractivity contribution in [2.24, 2.45) is 0 Å². The van der Waals surface area contributed by atoms with Crippen LogP contribution in [0.3, 0.4) is 0 Å². The van der Waals surface area contributed by atoms with Crippen LogP contribution in [-0.2, 0) is 9.47 Å². The van der Waals surface area contributed by atoms with E-state index in [9.17, 15) is 4.79 Å². The lowest BCUT2D eigenvalue weighted by molar-refractivity contribution is 0.0772. The van der Waals surface area contributed by atoms with E-state index in [-0.39, 0.29) is 0 Å². The molecule has 7 heteroatoms. The van der Waals surface area contributed by atoms with Crippen LogP contribution < -0.4 is 0 Å². The fourth-order valence-corrected chi connectivity index (χ4v) is 19.5. The number of hydrogen-bond acceptors (Lipinski definition) is 3. The zero-order chi connectivity index (χ0) is 22.4. The molecule has 0 aliphatic carbocycles. The van der Waals surface area contributed by atoms with Gasteiger partial charge in [-0.3, -0.25) is 0 Å². The Morgan fingerprint density at radius 2 is 0.929 bits per heavy atom. The summed E-state index contributed by atoms with van der Waals surface area (Å²) >= 11 is 0. The Balaban J connectivity index is 4.72. The summed E-state index contributed by atoms with van der Waals surface area (Å²) in [5, 5.41) is 0. The van der Waals surface area contributed by atoms with Gasteiger partial charge < -0.3 is 9.47 Å². The van der Waals surface area contributed by atoms with E-state index in [0.29, 0.717) is 12.5 Å². The molecule has 0 aromatic rings. The molecule has 0 amide bonds. The highest BCUT2D eigenvalue weighted by Crippen LogP contribution is 2.35. The van der Waals surface area contributed by atoms with Gasteiger partial charge in [0, 0.05) is 16.1 Å². The molecule has 0 aliphatic rings. The molecule has 2 atom stereocenters. The second-order valence-electron chi connectivity index (χ2n) is 12.5. The zero-order valence-corrected chi connectivity index (χ0v) is 25.1. The minimum absolute atomic E-state index is 0.438. The van der Waals surface area contributed by atoms with Crippen molar-refractivity contribution in [2.75, 3.05) is 12.5 Å². The van der Waals surface area contributed by atoms with Crippen molar-refractivity contribution < 1.29 is 14.3 Å². The van der Waals surface area contributed by atoms with Gasteiger partial charge in [-0.1, -0.05) is 104 Å². The van der Waals surface area contributed by atoms with Gasteiger partial charge in [-0.2, -0.15) is 0 Å². The van der Waals surface area contributed by atoms with Gasteiger partial charge in [-0.05, 0) is 11.1 Å². The predicted octanol–water partition coefficient (Wildman–Crippen LogP) is 7.87. The molecule has 2 unspecified atom stereocenters. The number of ether oxygens (including phenoxy) is 2. The Morgan fingerprint density at radius 1 is 0.643 bits per heavy atom. The normalized spacial score (nSPS) is 15.9. The summed E-state index contributed by atoms with van der Waals surface area (Å²) in [7, 11) is -5.45. The van der Waals surface area contributed by atoms with E-state index >= 15 is 0 Å². The summed E-state index contributed by atoms with van der Waals surface area (Å²) in [6.45, 7) is 28.7. The highest BCUT2D eigenvalue weighted by Gasteiger charge is 2.37. The average molecular weight is 463 g/mol. The van der Waals surface area contributed by atoms with Gasteiger partial charge in [-0.25, -0.2) is 4.79 Å². The molecule has 3 nitrogen and oxygen atoms in total. The molecule has 0 spiro atoms. The summed E-state index contributed by atoms with van der Waals surface area (Å²) in [4.78, 5) is 12.3. The van der Waals surface area contributed by atoms with Crippen molar-refractivity contribution >= 4 is 38.5 Å². The maximum Gasteiger partial charge on any atom is 0.507 e. The van der Waals surface area contributed by atoms with Crippen LogP contribution in [0.4, 0.5) is 4.79 Å². The van der Waals surface area contributed by atoms with Gasteiger partial charge in [0.25, 0.3) is 0 Å². The largest absolute Gasteiger partial charge is 0.507 e. The van der Waals surface area contributed by atoms with Crippen molar-refractivity contribution in [3.63, 3.8) is 0 Å². The number of hydrogen-bond donors (Lipinski definition) is 0. The molecule has 0 N–H and O–H groups in total. The third kappa shape index (κ3) is 11.4. The molecule has 168 valence electrons. The van der Waals surface area contributed by atoms with Gasteiger partial charge in [0.15, 0.2) is 0 Å². The Hall–Kier alpha value is 0.138. The quantitative estimate of drug-likeness (QED) is 0.218. The van der Waals surface area contributed by atoms with Gasteiger partial charge in [0.2, 0.25) is 0 Å². The van der Waals surface area contributed by atoms with Crippen molar-refractivity contribution in [2.45, 2.75) is 115 Å². The average Bonchev–Trinajstić information content (AvgIpc) is 2.52. The smallest absolute Gasteiger partial charge is 0.438 e. The molecule has 0 saturated carbocycles. The van der Waals surface area contributed by atoms with Crippen molar-refractivity contribution in [1.82, 2.24) is 0 Å². The SMILES string of the molecule is CCC(C[Si](C)(C)C)[Si](C)(C)COC(=O)OC[Si](C)(C)C(CC)C[Si](C)(C)C. The summed E-state index contributed by atoms with van der Waals surface area (Å²) in [6, 6.07) is 2.66. The molecule has 0 heterocycles. The Kier molecular flexibility index (Phi) is 11.0. The monoisotopic (exact) mass is 462 g/mol. The first-order valence-corrected chi connectivity index (χ1v) is 25.2. The lowest BCUT2D eigenvalue weighted by Crippen LogP contribution is -2.44. The molecule has 0 radical (unpaired) electrons. The first-order chi connectivity index (χ1) is 12.4. The highest BCUT2D eigenvalue weighted by atomic mass is 28.3. The lowest BCUT2D eigenvalue weighted by atomic mass is 10.4. The standard InChI is InChI=1S/C21H50O3Si4/c1-13-19(15-25(3,4)5)27(9,10)17-23-21(22)24-18-28(11,12)20(14-2)16-26(6,7)8/h19-20H,13-18H2,1-12H3. The minimum atomic E-state index is -1.61. The lowest BCUT2D eigenvalue weighted by Gasteiger charge is -2.36. The fourth-order valence-electron chi connectivity index (χ4n) is 4.19. The van der Waals surface area contributed by atoms with E-state index in [1.807, 2.05) is 0 Å². The van der Waals surface area contributed by atoms with Gasteiger partial charge in [-0.15, -0.1) is 0 Å². The van der Waals surface area contributed by atoms with Crippen molar-refractivity contribution in [3.05, 3.63) is 0 Å². The predicted molar refractivity (Wildman–Crippen MR) is 137 cm³/mol. The molecule has 0 fully saturated rings. The fraction of sp³-hybridized carbons (Fsp3) is 0.952. The number of rotatable bonds is 12. The molecular formula is C21H50O3Si4. The summed E-state index contributed by atoms with van der Waals surface area (Å²) in [5.74, 6) is 0. The summed E-state index contributed by atoms with van der Waals surface area (Å²) in [5.41, 5.74) is 1.44. The summed E-state index contributed by atoms with van der Waals surface area (Å²) in [6.07, 6.45) is 3.12. The van der Waals surface area contributed by atoms with Crippen molar-refractivity contribution in [3.8, 4) is 0 Å². The van der Waals surface area contributed by atoms with E-state index in [1.54, 1.807) is 0 Å². The van der Waals surface area contributed by atoms with Gasteiger partial charge in [0.1, 0.15) is 0 Å². The molecule has 0 aromatic carbocycles. The number of carbonyl (C=O) groups is 1. The van der Waals surface area contributed by atoms with Crippen LogP contribution in [-0.4, -0.2) is 50.9 Å². The molecule has 0 rings (SSSR count). The molecular weight excluding hydrogens is 413 g/mol. The molecule has 28 heavy (non-hydrogen) atoms. The zero-order valence-electron chi connectivity index (χ0n) is 21.1. The topological polar surface area (TPSA) is 35.5 Å². The minimum Gasteiger partial charge on any atom is -0.438 e. The third-order valence-electron chi connectivity index (χ3n) is 6.04. The molecule has 0 bridgehead atoms. The highest BCUT2D eigenvalue weighted by molar-refractivity contribution is 6.84. The Labute approximate surface area is 180 Å². The van der Waals surface area contributed by atoms with Crippen LogP contribution in [0.25, 0.3) is 0 Å². The van der Waals surface area contributed by atoms with Crippen LogP contribution in [0, 0.1) is 0 Å². The van der Waals surface area contributed by atoms with E-state index < -0.39 is 38.5 Å². The van der Waals surface area contributed by atoms with Crippen LogP contribution in [0.5, 0.6) is 0 Å². The van der Waals surface area contributed by atoms with E-state index in [2.05, 4.69) is 79.3 Å². The number of carbonyl (C=O) groups excluding carboxylic acids is 1. The van der Waals surface area contributed by atoms with Gasteiger partial charge in [0.05, 0.1) is 28.6 Å². The third-order valence-corrected chi connectivity index (χ3v) is 17.7. The van der Waals surface area contributed by atoms with Crippen LogP contribution in [0.1, 0.15) is 26.7 Å². The van der Waals surface area contributed by atoms with Crippen LogP contribution >= 0.6 is 0 Å². The molecule has 0 saturated heterocycles. The first kappa shape index (κ1) is 28.1. The maximum absolute atomic E-state index is 12.3. The van der Waals surface area contributed by atoms with Gasteiger partial charge >= 0.3 is 6.16 Å². The molecule has 0 aromatic heterocycles. The maximum atomic E-state index is 12.3. The Morgan fingerprint density at radius 3 is 1.14 bits per heavy atom.